The Morgan fingerprint density at radius 1 is 1.08 bits per heavy atom. The van der Waals surface area contributed by atoms with Crippen molar-refractivity contribution in [3.8, 4) is 5.75 Å². The second kappa shape index (κ2) is 5.85. The van der Waals surface area contributed by atoms with Crippen molar-refractivity contribution in [2.75, 3.05) is 5.32 Å². The van der Waals surface area contributed by atoms with Crippen molar-refractivity contribution in [1.29, 1.82) is 0 Å². The Labute approximate surface area is 135 Å². The first-order valence-electron chi connectivity index (χ1n) is 7.32. The van der Waals surface area contributed by atoms with Gasteiger partial charge in [0.15, 0.2) is 0 Å². The minimum Gasteiger partial charge on any atom is -0.481 e. The normalized spacial score (nSPS) is 28.0. The van der Waals surface area contributed by atoms with Crippen LogP contribution in [-0.2, 0) is 9.59 Å². The molecule has 2 bridgehead atoms. The van der Waals surface area contributed by atoms with Crippen LogP contribution in [0.2, 0.25) is 0 Å². The zero-order valence-electron chi connectivity index (χ0n) is 12.3. The highest BCUT2D eigenvalue weighted by atomic mass is 19.4. The third-order valence-electron chi connectivity index (χ3n) is 4.40. The van der Waals surface area contributed by atoms with Crippen molar-refractivity contribution >= 4 is 17.6 Å². The Morgan fingerprint density at radius 3 is 2.21 bits per heavy atom. The Kier molecular flexibility index (Phi) is 3.98. The number of ether oxygens (including phenoxy) is 1. The summed E-state index contributed by atoms with van der Waals surface area (Å²) in [6.45, 7) is 0. The SMILES string of the molecule is O=C(O)[C@@H]1[C@H](C(=O)Nc2ccc(OC(F)(F)F)cc2)[C@H]2C=C[C@H]1C2. The number of benzene rings is 1. The maximum atomic E-state index is 12.4. The molecule has 0 radical (unpaired) electrons. The highest BCUT2D eigenvalue weighted by Crippen LogP contribution is 2.48. The summed E-state index contributed by atoms with van der Waals surface area (Å²) in [6, 6.07) is 4.71. The predicted octanol–water partition coefficient (Wildman–Crippen LogP) is 3.05. The number of fused-ring (bicyclic) bond motifs is 2. The first-order valence-corrected chi connectivity index (χ1v) is 7.32. The molecule has 3 rings (SSSR count). The number of carboxylic acid groups (broad SMARTS) is 1. The van der Waals surface area contributed by atoms with Crippen LogP contribution >= 0.6 is 0 Å². The molecule has 0 aromatic heterocycles. The molecule has 1 saturated carbocycles. The first kappa shape index (κ1) is 16.4. The second-order valence-electron chi connectivity index (χ2n) is 5.90. The molecule has 0 heterocycles. The van der Waals surface area contributed by atoms with Crippen LogP contribution in [0.5, 0.6) is 5.75 Å². The molecule has 1 aromatic carbocycles. The fraction of sp³-hybridized carbons (Fsp3) is 0.375. The Morgan fingerprint density at radius 2 is 1.67 bits per heavy atom. The molecule has 24 heavy (non-hydrogen) atoms. The number of carbonyl (C=O) groups is 2. The number of rotatable bonds is 4. The van der Waals surface area contributed by atoms with E-state index < -0.39 is 35.8 Å². The van der Waals surface area contributed by atoms with Gasteiger partial charge in [0.25, 0.3) is 0 Å². The minimum absolute atomic E-state index is 0.121. The standard InChI is InChI=1S/C16H14F3NO4/c17-16(18,19)24-11-5-3-10(4-6-11)20-14(21)12-8-1-2-9(7-8)13(12)15(22)23/h1-6,8-9,12-13H,7H2,(H,20,21)(H,22,23)/t8-,9-,12+,13-/m0/s1. The summed E-state index contributed by atoms with van der Waals surface area (Å²) in [4.78, 5) is 23.8. The van der Waals surface area contributed by atoms with Gasteiger partial charge in [-0.15, -0.1) is 13.2 Å². The summed E-state index contributed by atoms with van der Waals surface area (Å²) in [5, 5.41) is 11.9. The van der Waals surface area contributed by atoms with Gasteiger partial charge in [-0.05, 0) is 42.5 Å². The number of hydrogen-bond donors (Lipinski definition) is 2. The summed E-state index contributed by atoms with van der Waals surface area (Å²) in [5.41, 5.74) is 0.283. The molecular formula is C16H14F3NO4. The van der Waals surface area contributed by atoms with Crippen molar-refractivity contribution in [3.05, 3.63) is 36.4 Å². The van der Waals surface area contributed by atoms with Crippen molar-refractivity contribution in [2.24, 2.45) is 23.7 Å². The fourth-order valence-electron chi connectivity index (χ4n) is 3.48. The largest absolute Gasteiger partial charge is 0.573 e. The van der Waals surface area contributed by atoms with E-state index in [1.54, 1.807) is 0 Å². The van der Waals surface area contributed by atoms with Crippen molar-refractivity contribution < 1.29 is 32.6 Å². The number of halogens is 3. The second-order valence-corrected chi connectivity index (χ2v) is 5.90. The first-order chi connectivity index (χ1) is 11.2. The molecule has 0 aliphatic heterocycles. The van der Waals surface area contributed by atoms with Crippen LogP contribution in [0.4, 0.5) is 18.9 Å². The molecule has 1 amide bonds. The molecule has 0 spiro atoms. The molecule has 128 valence electrons. The van der Waals surface area contributed by atoms with E-state index in [1.807, 2.05) is 12.2 Å². The third-order valence-corrected chi connectivity index (χ3v) is 4.40. The third kappa shape index (κ3) is 3.22. The highest BCUT2D eigenvalue weighted by molar-refractivity contribution is 5.96. The summed E-state index contributed by atoms with van der Waals surface area (Å²) in [7, 11) is 0. The van der Waals surface area contributed by atoms with E-state index in [9.17, 15) is 27.9 Å². The summed E-state index contributed by atoms with van der Waals surface area (Å²) >= 11 is 0. The van der Waals surface area contributed by atoms with E-state index in [4.69, 9.17) is 0 Å². The fourth-order valence-corrected chi connectivity index (χ4v) is 3.48. The van der Waals surface area contributed by atoms with Gasteiger partial charge >= 0.3 is 12.3 Å². The molecule has 1 aromatic rings. The van der Waals surface area contributed by atoms with E-state index in [2.05, 4.69) is 10.1 Å². The van der Waals surface area contributed by atoms with Crippen LogP contribution < -0.4 is 10.1 Å². The summed E-state index contributed by atoms with van der Waals surface area (Å²) in [5.74, 6) is -3.57. The summed E-state index contributed by atoms with van der Waals surface area (Å²) in [6.07, 6.45) is -0.465. The van der Waals surface area contributed by atoms with Gasteiger partial charge in [0.05, 0.1) is 11.8 Å². The van der Waals surface area contributed by atoms with Gasteiger partial charge in [0, 0.05) is 5.69 Å². The maximum Gasteiger partial charge on any atom is 0.573 e. The molecule has 0 unspecified atom stereocenters. The minimum atomic E-state index is -4.78. The van der Waals surface area contributed by atoms with Gasteiger partial charge < -0.3 is 15.2 Å². The average Bonchev–Trinajstić information content (AvgIpc) is 3.08. The predicted molar refractivity (Wildman–Crippen MR) is 77.1 cm³/mol. The van der Waals surface area contributed by atoms with Crippen LogP contribution in [0.1, 0.15) is 6.42 Å². The topological polar surface area (TPSA) is 75.6 Å². The van der Waals surface area contributed by atoms with Crippen LogP contribution in [0, 0.1) is 23.7 Å². The lowest BCUT2D eigenvalue weighted by molar-refractivity contribution is -0.274. The number of anilines is 1. The van der Waals surface area contributed by atoms with E-state index in [-0.39, 0.29) is 17.5 Å². The zero-order valence-corrected chi connectivity index (χ0v) is 12.3. The molecule has 2 N–H and O–H groups in total. The Balaban J connectivity index is 1.69. The lowest BCUT2D eigenvalue weighted by Crippen LogP contribution is -2.36. The number of carbonyl (C=O) groups excluding carboxylic acids is 1. The lowest BCUT2D eigenvalue weighted by Gasteiger charge is -2.23. The van der Waals surface area contributed by atoms with Crippen LogP contribution in [0.15, 0.2) is 36.4 Å². The van der Waals surface area contributed by atoms with E-state index in [0.29, 0.717) is 6.42 Å². The molecule has 2 aliphatic carbocycles. The number of allylic oxidation sites excluding steroid dienone is 2. The van der Waals surface area contributed by atoms with E-state index >= 15 is 0 Å². The van der Waals surface area contributed by atoms with Crippen LogP contribution in [0.25, 0.3) is 0 Å². The van der Waals surface area contributed by atoms with E-state index in [0.717, 1.165) is 12.1 Å². The van der Waals surface area contributed by atoms with Gasteiger partial charge in [-0.1, -0.05) is 12.2 Å². The van der Waals surface area contributed by atoms with Crippen LogP contribution in [-0.4, -0.2) is 23.3 Å². The lowest BCUT2D eigenvalue weighted by atomic mass is 9.82. The zero-order chi connectivity index (χ0) is 17.5. The molecule has 8 heteroatoms. The highest BCUT2D eigenvalue weighted by Gasteiger charge is 2.51. The molecule has 1 fully saturated rings. The Bertz CT molecular complexity index is 684. The van der Waals surface area contributed by atoms with Gasteiger partial charge in [0.2, 0.25) is 5.91 Å². The molecule has 4 atom stereocenters. The number of aliphatic carboxylic acids is 1. The van der Waals surface area contributed by atoms with Crippen molar-refractivity contribution in [1.82, 2.24) is 0 Å². The molecule has 2 aliphatic rings. The molecule has 0 saturated heterocycles. The summed E-state index contributed by atoms with van der Waals surface area (Å²) < 4.78 is 40.1. The smallest absolute Gasteiger partial charge is 0.481 e. The quantitative estimate of drug-likeness (QED) is 0.826. The van der Waals surface area contributed by atoms with Gasteiger partial charge in [-0.25, -0.2) is 0 Å². The molecular weight excluding hydrogens is 327 g/mol. The van der Waals surface area contributed by atoms with Crippen LogP contribution in [0.3, 0.4) is 0 Å². The van der Waals surface area contributed by atoms with Gasteiger partial charge in [-0.3, -0.25) is 9.59 Å². The maximum absolute atomic E-state index is 12.4. The van der Waals surface area contributed by atoms with E-state index in [1.165, 1.54) is 12.1 Å². The van der Waals surface area contributed by atoms with Crippen molar-refractivity contribution in [2.45, 2.75) is 12.8 Å². The number of nitrogens with one attached hydrogen (secondary N) is 1. The number of amides is 1. The average molecular weight is 341 g/mol. The number of hydrogen-bond acceptors (Lipinski definition) is 3. The molecule has 5 nitrogen and oxygen atoms in total. The Hall–Kier alpha value is -2.51. The monoisotopic (exact) mass is 341 g/mol. The van der Waals surface area contributed by atoms with Crippen molar-refractivity contribution in [3.63, 3.8) is 0 Å². The van der Waals surface area contributed by atoms with Gasteiger partial charge in [-0.2, -0.15) is 0 Å². The van der Waals surface area contributed by atoms with Gasteiger partial charge in [0.1, 0.15) is 5.75 Å². The number of carboxylic acids is 1. The number of alkyl halides is 3.